The summed E-state index contributed by atoms with van der Waals surface area (Å²) >= 11 is 1.35. The van der Waals surface area contributed by atoms with Gasteiger partial charge in [0, 0.05) is 24.1 Å². The molecule has 0 unspecified atom stereocenters. The summed E-state index contributed by atoms with van der Waals surface area (Å²) in [6, 6.07) is 2.48. The molecule has 10 heteroatoms. The van der Waals surface area contributed by atoms with E-state index >= 15 is 0 Å². The number of likely N-dealkylation sites (N-methyl/N-ethyl adjacent to an activating group) is 1. The molecule has 0 saturated heterocycles. The van der Waals surface area contributed by atoms with Crippen LogP contribution in [-0.2, 0) is 20.1 Å². The molecule has 2 aromatic rings. The summed E-state index contributed by atoms with van der Waals surface area (Å²) in [5.74, 6) is -0.292. The van der Waals surface area contributed by atoms with Crippen LogP contribution >= 0.6 is 11.8 Å². The van der Waals surface area contributed by atoms with Gasteiger partial charge in [0.05, 0.1) is 11.3 Å². The van der Waals surface area contributed by atoms with Crippen LogP contribution in [0.5, 0.6) is 0 Å². The molecule has 0 saturated carbocycles. The zero-order valence-electron chi connectivity index (χ0n) is 16.8. The SMILES string of the molecule is CCNC(=O)[C@H](C)NC(=O)COC(=O)c1cccnc1SCc1c(C)noc1C. The quantitative estimate of drug-likeness (QED) is 0.465. The summed E-state index contributed by atoms with van der Waals surface area (Å²) in [6.07, 6.45) is 1.58. The van der Waals surface area contributed by atoms with Gasteiger partial charge in [-0.25, -0.2) is 9.78 Å². The highest BCUT2D eigenvalue weighted by molar-refractivity contribution is 7.98. The van der Waals surface area contributed by atoms with E-state index in [0.29, 0.717) is 23.1 Å². The zero-order chi connectivity index (χ0) is 21.4. The highest BCUT2D eigenvalue weighted by Gasteiger charge is 2.19. The average Bonchev–Trinajstić information content (AvgIpc) is 3.02. The number of nitrogens with one attached hydrogen (secondary N) is 2. The molecule has 0 aromatic carbocycles. The number of aryl methyl sites for hydroxylation is 2. The Morgan fingerprint density at radius 1 is 1.31 bits per heavy atom. The van der Waals surface area contributed by atoms with E-state index in [-0.39, 0.29) is 11.5 Å². The lowest BCUT2D eigenvalue weighted by Crippen LogP contribution is -2.46. The molecule has 2 heterocycles. The Hall–Kier alpha value is -2.88. The molecule has 2 rings (SSSR count). The Labute approximate surface area is 173 Å². The van der Waals surface area contributed by atoms with E-state index in [0.717, 1.165) is 11.3 Å². The molecule has 2 aromatic heterocycles. The average molecular weight is 420 g/mol. The van der Waals surface area contributed by atoms with Gasteiger partial charge in [0.15, 0.2) is 6.61 Å². The van der Waals surface area contributed by atoms with Crippen LogP contribution in [0.2, 0.25) is 0 Å². The van der Waals surface area contributed by atoms with Crippen LogP contribution < -0.4 is 10.6 Å². The van der Waals surface area contributed by atoms with Gasteiger partial charge in [0.25, 0.3) is 5.91 Å². The number of thioether (sulfide) groups is 1. The minimum absolute atomic E-state index is 0.258. The van der Waals surface area contributed by atoms with Crippen molar-refractivity contribution in [3.8, 4) is 0 Å². The summed E-state index contributed by atoms with van der Waals surface area (Å²) < 4.78 is 10.2. The summed E-state index contributed by atoms with van der Waals surface area (Å²) in [6.45, 7) is 6.97. The van der Waals surface area contributed by atoms with Crippen LogP contribution in [-0.4, -0.2) is 47.1 Å². The summed E-state index contributed by atoms with van der Waals surface area (Å²) in [5.41, 5.74) is 1.99. The maximum Gasteiger partial charge on any atom is 0.341 e. The Bertz CT molecular complexity index is 864. The van der Waals surface area contributed by atoms with Gasteiger partial charge in [0.1, 0.15) is 16.8 Å². The Morgan fingerprint density at radius 2 is 2.07 bits per heavy atom. The van der Waals surface area contributed by atoms with E-state index in [1.807, 2.05) is 13.8 Å². The van der Waals surface area contributed by atoms with Crippen molar-refractivity contribution in [2.75, 3.05) is 13.2 Å². The van der Waals surface area contributed by atoms with E-state index in [1.54, 1.807) is 32.2 Å². The van der Waals surface area contributed by atoms with Crippen molar-refractivity contribution in [1.29, 1.82) is 0 Å². The van der Waals surface area contributed by atoms with Crippen molar-refractivity contribution in [1.82, 2.24) is 20.8 Å². The number of aromatic nitrogens is 2. The molecule has 0 aliphatic rings. The number of carbonyl (C=O) groups is 3. The van der Waals surface area contributed by atoms with E-state index < -0.39 is 24.5 Å². The molecular formula is C19H24N4O5S. The van der Waals surface area contributed by atoms with Crippen LogP contribution in [0.1, 0.15) is 41.2 Å². The van der Waals surface area contributed by atoms with Gasteiger partial charge in [0.2, 0.25) is 5.91 Å². The number of hydrogen-bond acceptors (Lipinski definition) is 8. The first-order valence-electron chi connectivity index (χ1n) is 9.07. The topological polar surface area (TPSA) is 123 Å². The van der Waals surface area contributed by atoms with Crippen molar-refractivity contribution in [2.45, 2.75) is 44.5 Å². The first-order valence-corrected chi connectivity index (χ1v) is 10.1. The fourth-order valence-corrected chi connectivity index (χ4v) is 3.53. The van der Waals surface area contributed by atoms with Crippen molar-refractivity contribution in [2.24, 2.45) is 0 Å². The molecule has 0 bridgehead atoms. The summed E-state index contributed by atoms with van der Waals surface area (Å²) in [5, 5.41) is 9.46. The van der Waals surface area contributed by atoms with E-state index in [9.17, 15) is 14.4 Å². The Morgan fingerprint density at radius 3 is 2.72 bits per heavy atom. The van der Waals surface area contributed by atoms with Crippen molar-refractivity contribution in [3.05, 3.63) is 40.9 Å². The lowest BCUT2D eigenvalue weighted by Gasteiger charge is -2.13. The van der Waals surface area contributed by atoms with E-state index in [1.165, 1.54) is 11.8 Å². The zero-order valence-corrected chi connectivity index (χ0v) is 17.6. The maximum atomic E-state index is 12.4. The minimum Gasteiger partial charge on any atom is -0.452 e. The molecule has 0 aliphatic heterocycles. The molecule has 1 atom stereocenters. The lowest BCUT2D eigenvalue weighted by molar-refractivity contribution is -0.130. The van der Waals surface area contributed by atoms with Gasteiger partial charge < -0.3 is 19.9 Å². The number of hydrogen-bond donors (Lipinski definition) is 2. The number of amides is 2. The molecule has 0 aliphatic carbocycles. The lowest BCUT2D eigenvalue weighted by atomic mass is 10.2. The highest BCUT2D eigenvalue weighted by Crippen LogP contribution is 2.27. The standard InChI is InChI=1S/C19H24N4O5S/c1-5-20-17(25)12(3)22-16(24)9-27-19(26)14-7-6-8-21-18(14)29-10-15-11(2)23-28-13(15)4/h6-8,12H,5,9-10H2,1-4H3,(H,20,25)(H,22,24)/t12-/m0/s1. The van der Waals surface area contributed by atoms with Gasteiger partial charge in [-0.2, -0.15) is 0 Å². The first kappa shape index (κ1) is 22.4. The van der Waals surface area contributed by atoms with Crippen LogP contribution in [0.4, 0.5) is 0 Å². The normalized spacial score (nSPS) is 11.6. The van der Waals surface area contributed by atoms with Gasteiger partial charge in [-0.05, 0) is 39.8 Å². The third-order valence-electron chi connectivity index (χ3n) is 3.98. The fraction of sp³-hybridized carbons (Fsp3) is 0.421. The van der Waals surface area contributed by atoms with Crippen LogP contribution in [0.25, 0.3) is 0 Å². The molecule has 9 nitrogen and oxygen atoms in total. The smallest absolute Gasteiger partial charge is 0.341 e. The van der Waals surface area contributed by atoms with Crippen molar-refractivity contribution >= 4 is 29.5 Å². The first-order chi connectivity index (χ1) is 13.8. The number of carbonyl (C=O) groups excluding carboxylic acids is 3. The second kappa shape index (κ2) is 10.6. The van der Waals surface area contributed by atoms with E-state index in [2.05, 4.69) is 20.8 Å². The second-order valence-electron chi connectivity index (χ2n) is 6.21. The molecule has 2 amide bonds. The second-order valence-corrected chi connectivity index (χ2v) is 7.17. The Kier molecular flexibility index (Phi) is 8.20. The molecule has 156 valence electrons. The monoisotopic (exact) mass is 420 g/mol. The number of ether oxygens (including phenoxy) is 1. The predicted octanol–water partition coefficient (Wildman–Crippen LogP) is 1.78. The van der Waals surface area contributed by atoms with Crippen LogP contribution in [0.3, 0.4) is 0 Å². The Balaban J connectivity index is 1.94. The number of rotatable bonds is 9. The van der Waals surface area contributed by atoms with Crippen LogP contribution in [0.15, 0.2) is 27.9 Å². The fourth-order valence-electron chi connectivity index (χ4n) is 2.39. The predicted molar refractivity (Wildman–Crippen MR) is 106 cm³/mol. The molecule has 0 fully saturated rings. The largest absolute Gasteiger partial charge is 0.452 e. The number of esters is 1. The van der Waals surface area contributed by atoms with Crippen LogP contribution in [0, 0.1) is 13.8 Å². The van der Waals surface area contributed by atoms with Crippen molar-refractivity contribution < 1.29 is 23.6 Å². The van der Waals surface area contributed by atoms with E-state index in [4.69, 9.17) is 9.26 Å². The third kappa shape index (κ3) is 6.31. The van der Waals surface area contributed by atoms with Gasteiger partial charge in [-0.15, -0.1) is 11.8 Å². The number of nitrogens with zero attached hydrogens (tertiary/aromatic N) is 2. The third-order valence-corrected chi connectivity index (χ3v) is 5.01. The molecule has 0 spiro atoms. The molecule has 29 heavy (non-hydrogen) atoms. The number of pyridine rings is 1. The molecular weight excluding hydrogens is 396 g/mol. The van der Waals surface area contributed by atoms with Gasteiger partial charge in [-0.3, -0.25) is 9.59 Å². The van der Waals surface area contributed by atoms with Crippen molar-refractivity contribution in [3.63, 3.8) is 0 Å². The molecule has 0 radical (unpaired) electrons. The highest BCUT2D eigenvalue weighted by atomic mass is 32.2. The summed E-state index contributed by atoms with van der Waals surface area (Å²) in [4.78, 5) is 40.2. The molecule has 2 N–H and O–H groups in total. The summed E-state index contributed by atoms with van der Waals surface area (Å²) in [7, 11) is 0. The maximum absolute atomic E-state index is 12.4. The van der Waals surface area contributed by atoms with Gasteiger partial charge >= 0.3 is 5.97 Å². The minimum atomic E-state index is -0.722. The van der Waals surface area contributed by atoms with Gasteiger partial charge in [-0.1, -0.05) is 5.16 Å².